The predicted molar refractivity (Wildman–Crippen MR) is 94.6 cm³/mol. The van der Waals surface area contributed by atoms with E-state index >= 15 is 0 Å². The summed E-state index contributed by atoms with van der Waals surface area (Å²) >= 11 is 0. The Morgan fingerprint density at radius 1 is 1.17 bits per heavy atom. The Kier molecular flexibility index (Phi) is 6.23. The van der Waals surface area contributed by atoms with Crippen LogP contribution < -0.4 is 9.80 Å². The van der Waals surface area contributed by atoms with Crippen LogP contribution in [0.5, 0.6) is 0 Å². The molecule has 2 saturated heterocycles. The monoisotopic (exact) mass is 335 g/mol. The van der Waals surface area contributed by atoms with Crippen molar-refractivity contribution in [3.05, 3.63) is 12.3 Å². The quantitative estimate of drug-likeness (QED) is 0.732. The van der Waals surface area contributed by atoms with E-state index < -0.39 is 0 Å². The van der Waals surface area contributed by atoms with E-state index in [0.29, 0.717) is 6.54 Å². The van der Waals surface area contributed by atoms with Crippen molar-refractivity contribution in [3.8, 4) is 0 Å². The molecule has 0 aliphatic carbocycles. The number of hydrogen-bond acceptors (Lipinski definition) is 7. The van der Waals surface area contributed by atoms with Crippen molar-refractivity contribution in [2.75, 3.05) is 69.3 Å². The Labute approximate surface area is 144 Å². The maximum absolute atomic E-state index is 9.70. The van der Waals surface area contributed by atoms with E-state index in [1.165, 1.54) is 6.42 Å². The standard InChI is InChI=1S/C17H29N5O2/c1-24-13-3-2-7-20-9-11-21(12-10-20)17-18-6-4-16(19-17)22-8-5-15(23)14-22/h4,6,15,23H,2-3,5,7-14H2,1H3/t15-/m0/s1. The lowest BCUT2D eigenvalue weighted by molar-refractivity contribution is 0.182. The number of aromatic nitrogens is 2. The van der Waals surface area contributed by atoms with E-state index in [4.69, 9.17) is 9.72 Å². The van der Waals surface area contributed by atoms with Crippen LogP contribution in [-0.2, 0) is 4.74 Å². The van der Waals surface area contributed by atoms with Gasteiger partial charge >= 0.3 is 0 Å². The summed E-state index contributed by atoms with van der Waals surface area (Å²) in [6.45, 7) is 7.59. The Hall–Kier alpha value is -1.44. The minimum Gasteiger partial charge on any atom is -0.391 e. The molecule has 2 aliphatic heterocycles. The van der Waals surface area contributed by atoms with Gasteiger partial charge in [0.15, 0.2) is 0 Å². The number of aliphatic hydroxyl groups excluding tert-OH is 1. The summed E-state index contributed by atoms with van der Waals surface area (Å²) in [5.74, 6) is 1.74. The third-order valence-electron chi connectivity index (χ3n) is 4.84. The van der Waals surface area contributed by atoms with Crippen LogP contribution in [0.3, 0.4) is 0 Å². The predicted octanol–water partition coefficient (Wildman–Crippen LogP) is 0.596. The van der Waals surface area contributed by atoms with E-state index in [9.17, 15) is 5.11 Å². The number of methoxy groups -OCH3 is 1. The molecule has 0 unspecified atom stereocenters. The third-order valence-corrected chi connectivity index (χ3v) is 4.84. The van der Waals surface area contributed by atoms with Crippen LogP contribution in [0.15, 0.2) is 12.3 Å². The van der Waals surface area contributed by atoms with Crippen LogP contribution in [0.4, 0.5) is 11.8 Å². The summed E-state index contributed by atoms with van der Waals surface area (Å²) in [7, 11) is 1.76. The Morgan fingerprint density at radius 3 is 2.71 bits per heavy atom. The lowest BCUT2D eigenvalue weighted by Crippen LogP contribution is -2.47. The molecule has 0 bridgehead atoms. The number of unbranched alkanes of at least 4 members (excludes halogenated alkanes) is 1. The molecule has 1 aromatic heterocycles. The number of hydrogen-bond donors (Lipinski definition) is 1. The number of anilines is 2. The van der Waals surface area contributed by atoms with Gasteiger partial charge in [-0.1, -0.05) is 0 Å². The van der Waals surface area contributed by atoms with Gasteiger partial charge in [-0.25, -0.2) is 4.98 Å². The van der Waals surface area contributed by atoms with Crippen molar-refractivity contribution >= 4 is 11.8 Å². The molecule has 2 fully saturated rings. The number of β-amino-alcohol motifs (C(OH)–C–C–N with tert-alkyl or cyclic N) is 1. The molecule has 134 valence electrons. The highest BCUT2D eigenvalue weighted by atomic mass is 16.5. The average molecular weight is 335 g/mol. The maximum Gasteiger partial charge on any atom is 0.227 e. The van der Waals surface area contributed by atoms with E-state index in [1.807, 2.05) is 12.3 Å². The van der Waals surface area contributed by atoms with Gasteiger partial charge in [-0.15, -0.1) is 0 Å². The molecule has 3 rings (SSSR count). The van der Waals surface area contributed by atoms with Gasteiger partial charge in [-0.3, -0.25) is 4.90 Å². The molecule has 0 radical (unpaired) electrons. The highest BCUT2D eigenvalue weighted by molar-refractivity contribution is 5.45. The zero-order chi connectivity index (χ0) is 16.8. The molecule has 7 nitrogen and oxygen atoms in total. The van der Waals surface area contributed by atoms with Crippen molar-refractivity contribution < 1.29 is 9.84 Å². The SMILES string of the molecule is COCCCCN1CCN(c2nccc(N3CC[C@H](O)C3)n2)CC1. The molecule has 24 heavy (non-hydrogen) atoms. The van der Waals surface area contributed by atoms with Crippen LogP contribution in [0, 0.1) is 0 Å². The van der Waals surface area contributed by atoms with Gasteiger partial charge in [0.25, 0.3) is 0 Å². The Morgan fingerprint density at radius 2 is 2.00 bits per heavy atom. The van der Waals surface area contributed by atoms with Gasteiger partial charge < -0.3 is 19.6 Å². The minimum absolute atomic E-state index is 0.231. The summed E-state index contributed by atoms with van der Waals surface area (Å²) < 4.78 is 5.10. The summed E-state index contributed by atoms with van der Waals surface area (Å²) in [4.78, 5) is 16.1. The largest absolute Gasteiger partial charge is 0.391 e. The molecule has 7 heteroatoms. The Bertz CT molecular complexity index is 508. The third kappa shape index (κ3) is 4.55. The molecule has 1 N–H and O–H groups in total. The van der Waals surface area contributed by atoms with Crippen molar-refractivity contribution in [1.29, 1.82) is 0 Å². The smallest absolute Gasteiger partial charge is 0.227 e. The zero-order valence-corrected chi connectivity index (χ0v) is 14.6. The second-order valence-electron chi connectivity index (χ2n) is 6.63. The number of nitrogens with zero attached hydrogens (tertiary/aromatic N) is 5. The summed E-state index contributed by atoms with van der Waals surface area (Å²) in [6.07, 6.45) is 4.74. The molecule has 0 spiro atoms. The van der Waals surface area contributed by atoms with E-state index in [1.54, 1.807) is 7.11 Å². The van der Waals surface area contributed by atoms with Gasteiger partial charge in [0.2, 0.25) is 5.95 Å². The molecule has 0 amide bonds. The first-order valence-corrected chi connectivity index (χ1v) is 8.98. The van der Waals surface area contributed by atoms with Gasteiger partial charge in [0, 0.05) is 59.2 Å². The van der Waals surface area contributed by atoms with E-state index in [2.05, 4.69) is 19.7 Å². The Balaban J connectivity index is 1.49. The van der Waals surface area contributed by atoms with E-state index in [0.717, 1.165) is 70.5 Å². The molecule has 2 aliphatic rings. The summed E-state index contributed by atoms with van der Waals surface area (Å²) in [5, 5.41) is 9.70. The molecule has 1 aromatic rings. The van der Waals surface area contributed by atoms with Crippen molar-refractivity contribution in [3.63, 3.8) is 0 Å². The molecule has 3 heterocycles. The first-order chi connectivity index (χ1) is 11.8. The van der Waals surface area contributed by atoms with E-state index in [-0.39, 0.29) is 6.10 Å². The average Bonchev–Trinajstić information content (AvgIpc) is 3.06. The highest BCUT2D eigenvalue weighted by Gasteiger charge is 2.23. The minimum atomic E-state index is -0.231. The molecule has 0 aromatic carbocycles. The summed E-state index contributed by atoms with van der Waals surface area (Å²) in [6, 6.07) is 1.94. The fraction of sp³-hybridized carbons (Fsp3) is 0.765. The fourth-order valence-corrected chi connectivity index (χ4v) is 3.37. The second-order valence-corrected chi connectivity index (χ2v) is 6.63. The van der Waals surface area contributed by atoms with Gasteiger partial charge in [0.05, 0.1) is 6.10 Å². The number of ether oxygens (including phenoxy) is 1. The first-order valence-electron chi connectivity index (χ1n) is 8.98. The number of piperazine rings is 1. The normalized spacial score (nSPS) is 22.3. The molecular weight excluding hydrogens is 306 g/mol. The van der Waals surface area contributed by atoms with Crippen LogP contribution >= 0.6 is 0 Å². The van der Waals surface area contributed by atoms with Crippen molar-refractivity contribution in [2.45, 2.75) is 25.4 Å². The molecular formula is C17H29N5O2. The second kappa shape index (κ2) is 8.60. The van der Waals surface area contributed by atoms with Crippen molar-refractivity contribution in [2.24, 2.45) is 0 Å². The van der Waals surface area contributed by atoms with Gasteiger partial charge in [0.1, 0.15) is 5.82 Å². The van der Waals surface area contributed by atoms with Crippen LogP contribution in [0.2, 0.25) is 0 Å². The number of aliphatic hydroxyl groups is 1. The van der Waals surface area contributed by atoms with Gasteiger partial charge in [-0.2, -0.15) is 4.98 Å². The van der Waals surface area contributed by atoms with Crippen LogP contribution in [0.1, 0.15) is 19.3 Å². The van der Waals surface area contributed by atoms with Gasteiger partial charge in [-0.05, 0) is 31.9 Å². The fourth-order valence-electron chi connectivity index (χ4n) is 3.37. The molecule has 0 saturated carbocycles. The highest BCUT2D eigenvalue weighted by Crippen LogP contribution is 2.20. The zero-order valence-electron chi connectivity index (χ0n) is 14.6. The topological polar surface area (TPSA) is 65.0 Å². The lowest BCUT2D eigenvalue weighted by Gasteiger charge is -2.35. The lowest BCUT2D eigenvalue weighted by atomic mass is 10.2. The first kappa shape index (κ1) is 17.4. The number of rotatable bonds is 7. The summed E-state index contributed by atoms with van der Waals surface area (Å²) in [5.41, 5.74) is 0. The van der Waals surface area contributed by atoms with Crippen LogP contribution in [0.25, 0.3) is 0 Å². The molecule has 1 atom stereocenters. The van der Waals surface area contributed by atoms with Crippen LogP contribution in [-0.4, -0.2) is 85.6 Å². The maximum atomic E-state index is 9.70. The van der Waals surface area contributed by atoms with Crippen molar-refractivity contribution in [1.82, 2.24) is 14.9 Å².